The van der Waals surface area contributed by atoms with E-state index >= 15 is 0 Å². The van der Waals surface area contributed by atoms with Crippen LogP contribution in [0.25, 0.3) is 11.0 Å². The molecule has 0 unspecified atom stereocenters. The van der Waals surface area contributed by atoms with Gasteiger partial charge < -0.3 is 9.30 Å². The number of pyridine rings is 1. The molecule has 4 nitrogen and oxygen atoms in total. The van der Waals surface area contributed by atoms with Gasteiger partial charge in [0.25, 0.3) is 0 Å². The fraction of sp³-hybridized carbons (Fsp3) is 0.250. The van der Waals surface area contributed by atoms with Gasteiger partial charge in [-0.1, -0.05) is 29.4 Å². The molecule has 0 spiro atoms. The lowest BCUT2D eigenvalue weighted by molar-refractivity contribution is 0.186. The van der Waals surface area contributed by atoms with Crippen LogP contribution < -0.4 is 0 Å². The summed E-state index contributed by atoms with van der Waals surface area (Å²) >= 11 is 7.76. The largest absolute Gasteiger partial charge is 0.383 e. The standard InChI is InChI=1S/C16H16ClN3OS/c1-21-8-7-20-15-5-4-13(17)9-14(15)19-16(20)22-11-12-3-2-6-18-10-12/h2-6,9-10H,7-8,11H2,1H3. The summed E-state index contributed by atoms with van der Waals surface area (Å²) in [6.07, 6.45) is 3.66. The molecular weight excluding hydrogens is 318 g/mol. The van der Waals surface area contributed by atoms with Crippen molar-refractivity contribution in [1.29, 1.82) is 0 Å². The summed E-state index contributed by atoms with van der Waals surface area (Å²) in [5, 5.41) is 1.67. The molecule has 22 heavy (non-hydrogen) atoms. The maximum Gasteiger partial charge on any atom is 0.169 e. The molecule has 0 N–H and O–H groups in total. The Bertz CT molecular complexity index is 761. The Morgan fingerprint density at radius 1 is 1.32 bits per heavy atom. The van der Waals surface area contributed by atoms with E-state index < -0.39 is 0 Å². The van der Waals surface area contributed by atoms with E-state index in [0.717, 1.165) is 28.5 Å². The molecule has 0 aliphatic rings. The summed E-state index contributed by atoms with van der Waals surface area (Å²) in [7, 11) is 1.71. The molecule has 3 rings (SSSR count). The first-order valence-corrected chi connectivity index (χ1v) is 8.30. The van der Waals surface area contributed by atoms with Crippen LogP contribution in [0.3, 0.4) is 0 Å². The van der Waals surface area contributed by atoms with Crippen LogP contribution in [-0.2, 0) is 17.0 Å². The first kappa shape index (κ1) is 15.3. The lowest BCUT2D eigenvalue weighted by Gasteiger charge is -2.08. The van der Waals surface area contributed by atoms with Crippen LogP contribution in [0.2, 0.25) is 5.02 Å². The van der Waals surface area contributed by atoms with Crippen LogP contribution in [0.1, 0.15) is 5.56 Å². The van der Waals surface area contributed by atoms with Crippen LogP contribution in [0.5, 0.6) is 0 Å². The van der Waals surface area contributed by atoms with Crippen molar-refractivity contribution in [1.82, 2.24) is 14.5 Å². The average Bonchev–Trinajstić information content (AvgIpc) is 2.88. The number of thioether (sulfide) groups is 1. The molecule has 2 heterocycles. The number of imidazole rings is 1. The molecular formula is C16H16ClN3OS. The molecule has 2 aromatic heterocycles. The number of benzene rings is 1. The van der Waals surface area contributed by atoms with E-state index in [4.69, 9.17) is 21.3 Å². The lowest BCUT2D eigenvalue weighted by Crippen LogP contribution is -2.05. The number of rotatable bonds is 6. The summed E-state index contributed by atoms with van der Waals surface area (Å²) in [5.74, 6) is 0.831. The monoisotopic (exact) mass is 333 g/mol. The zero-order valence-corrected chi connectivity index (χ0v) is 13.8. The Labute approximate surface area is 138 Å². The third kappa shape index (κ3) is 3.43. The van der Waals surface area contributed by atoms with Gasteiger partial charge in [-0.25, -0.2) is 4.98 Å². The van der Waals surface area contributed by atoms with Gasteiger partial charge in [-0.2, -0.15) is 0 Å². The lowest BCUT2D eigenvalue weighted by atomic mass is 10.3. The number of halogens is 1. The Morgan fingerprint density at radius 2 is 2.23 bits per heavy atom. The molecule has 0 bridgehead atoms. The third-order valence-electron chi connectivity index (χ3n) is 3.28. The third-order valence-corrected chi connectivity index (χ3v) is 4.57. The van der Waals surface area contributed by atoms with E-state index in [1.807, 2.05) is 30.5 Å². The number of hydrogen-bond acceptors (Lipinski definition) is 4. The van der Waals surface area contributed by atoms with Crippen LogP contribution in [0.15, 0.2) is 47.9 Å². The number of fused-ring (bicyclic) bond motifs is 1. The molecule has 6 heteroatoms. The Morgan fingerprint density at radius 3 is 3.00 bits per heavy atom. The van der Waals surface area contributed by atoms with Crippen molar-refractivity contribution >= 4 is 34.4 Å². The normalized spacial score (nSPS) is 11.2. The molecule has 3 aromatic rings. The summed E-state index contributed by atoms with van der Waals surface area (Å²) < 4.78 is 7.39. The topological polar surface area (TPSA) is 39.9 Å². The smallest absolute Gasteiger partial charge is 0.169 e. The van der Waals surface area contributed by atoms with E-state index in [9.17, 15) is 0 Å². The van der Waals surface area contributed by atoms with Gasteiger partial charge in [0, 0.05) is 36.8 Å². The van der Waals surface area contributed by atoms with Crippen LogP contribution >= 0.6 is 23.4 Å². The van der Waals surface area contributed by atoms with Gasteiger partial charge in [-0.15, -0.1) is 0 Å². The van der Waals surface area contributed by atoms with Gasteiger partial charge in [-0.05, 0) is 29.8 Å². The van der Waals surface area contributed by atoms with E-state index in [2.05, 4.69) is 15.6 Å². The van der Waals surface area contributed by atoms with Gasteiger partial charge >= 0.3 is 0 Å². The molecule has 0 aliphatic heterocycles. The van der Waals surface area contributed by atoms with E-state index in [0.29, 0.717) is 11.6 Å². The molecule has 0 aliphatic carbocycles. The first-order valence-electron chi connectivity index (χ1n) is 6.94. The van der Waals surface area contributed by atoms with E-state index in [1.165, 1.54) is 5.56 Å². The molecule has 0 atom stereocenters. The average molecular weight is 334 g/mol. The van der Waals surface area contributed by atoms with Gasteiger partial charge in [-0.3, -0.25) is 4.98 Å². The number of ether oxygens (including phenoxy) is 1. The summed E-state index contributed by atoms with van der Waals surface area (Å²) in [5.41, 5.74) is 3.17. The molecule has 0 amide bonds. The predicted molar refractivity (Wildman–Crippen MR) is 90.4 cm³/mol. The molecule has 0 fully saturated rings. The zero-order chi connectivity index (χ0) is 15.4. The van der Waals surface area contributed by atoms with Crippen molar-refractivity contribution in [3.63, 3.8) is 0 Å². The van der Waals surface area contributed by atoms with Crippen molar-refractivity contribution in [2.75, 3.05) is 13.7 Å². The highest BCUT2D eigenvalue weighted by molar-refractivity contribution is 7.98. The second kappa shape index (κ2) is 7.13. The van der Waals surface area contributed by atoms with Gasteiger partial charge in [0.15, 0.2) is 5.16 Å². The predicted octanol–water partition coefficient (Wildman–Crippen LogP) is 4.02. The number of hydrogen-bond donors (Lipinski definition) is 0. The second-order valence-corrected chi connectivity index (χ2v) is 6.20. The highest BCUT2D eigenvalue weighted by Crippen LogP contribution is 2.28. The minimum Gasteiger partial charge on any atom is -0.383 e. The van der Waals surface area contributed by atoms with E-state index in [1.54, 1.807) is 25.1 Å². The quantitative estimate of drug-likeness (QED) is 0.639. The van der Waals surface area contributed by atoms with Gasteiger partial charge in [0.2, 0.25) is 0 Å². The zero-order valence-electron chi connectivity index (χ0n) is 12.2. The molecule has 0 saturated carbocycles. The maximum atomic E-state index is 6.07. The van der Waals surface area contributed by atoms with Crippen molar-refractivity contribution in [2.24, 2.45) is 0 Å². The van der Waals surface area contributed by atoms with Gasteiger partial charge in [0.05, 0.1) is 17.6 Å². The van der Waals surface area contributed by atoms with Crippen LogP contribution in [-0.4, -0.2) is 28.3 Å². The summed E-state index contributed by atoms with van der Waals surface area (Å²) in [6, 6.07) is 9.82. The molecule has 0 radical (unpaired) electrons. The highest BCUT2D eigenvalue weighted by atomic mass is 35.5. The SMILES string of the molecule is COCCn1c(SCc2cccnc2)nc2cc(Cl)ccc21. The van der Waals surface area contributed by atoms with Crippen LogP contribution in [0, 0.1) is 0 Å². The van der Waals surface area contributed by atoms with Gasteiger partial charge in [0.1, 0.15) is 0 Å². The Balaban J connectivity index is 1.89. The Kier molecular flexibility index (Phi) is 4.97. The second-order valence-electron chi connectivity index (χ2n) is 4.82. The molecule has 1 aromatic carbocycles. The summed E-state index contributed by atoms with van der Waals surface area (Å²) in [4.78, 5) is 8.85. The number of nitrogens with zero attached hydrogens (tertiary/aromatic N) is 3. The minimum absolute atomic E-state index is 0.647. The number of methoxy groups -OCH3 is 1. The van der Waals surface area contributed by atoms with Crippen molar-refractivity contribution in [3.8, 4) is 0 Å². The van der Waals surface area contributed by atoms with Crippen molar-refractivity contribution in [2.45, 2.75) is 17.5 Å². The fourth-order valence-electron chi connectivity index (χ4n) is 2.22. The molecule has 114 valence electrons. The van der Waals surface area contributed by atoms with Crippen LogP contribution in [0.4, 0.5) is 0 Å². The minimum atomic E-state index is 0.647. The number of aromatic nitrogens is 3. The highest BCUT2D eigenvalue weighted by Gasteiger charge is 2.11. The summed E-state index contributed by atoms with van der Waals surface area (Å²) in [6.45, 7) is 1.42. The van der Waals surface area contributed by atoms with Crippen molar-refractivity contribution < 1.29 is 4.74 Å². The van der Waals surface area contributed by atoms with Crippen molar-refractivity contribution in [3.05, 3.63) is 53.3 Å². The Hall–Kier alpha value is -1.56. The molecule has 0 saturated heterocycles. The fourth-order valence-corrected chi connectivity index (χ4v) is 3.36. The van der Waals surface area contributed by atoms with E-state index in [-0.39, 0.29) is 0 Å². The maximum absolute atomic E-state index is 6.07. The first-order chi connectivity index (χ1) is 10.8.